The third-order valence-electron chi connectivity index (χ3n) is 7.21. The molecule has 9 nitrogen and oxygen atoms in total. The van der Waals surface area contributed by atoms with E-state index in [1.165, 1.54) is 6.07 Å². The molecule has 1 atom stereocenters. The smallest absolute Gasteiger partial charge is 0.478 e. The number of nitrogens with zero attached hydrogens (tertiary/aromatic N) is 1. The lowest BCUT2D eigenvalue weighted by atomic mass is 9.74. The molecule has 4 N–H and O–H groups in total. The van der Waals surface area contributed by atoms with Gasteiger partial charge in [-0.25, -0.2) is 9.59 Å². The zero-order valence-electron chi connectivity index (χ0n) is 23.2. The summed E-state index contributed by atoms with van der Waals surface area (Å²) in [4.78, 5) is 35.7. The van der Waals surface area contributed by atoms with Crippen LogP contribution in [0.4, 0.5) is 24.7 Å². The van der Waals surface area contributed by atoms with Gasteiger partial charge < -0.3 is 30.0 Å². The van der Waals surface area contributed by atoms with E-state index in [9.17, 15) is 33.0 Å². The summed E-state index contributed by atoms with van der Waals surface area (Å²) in [5.74, 6) is -3.32. The van der Waals surface area contributed by atoms with Crippen molar-refractivity contribution >= 4 is 34.5 Å². The molecule has 0 saturated carbocycles. The highest BCUT2D eigenvalue weighted by Gasteiger charge is 2.45. The summed E-state index contributed by atoms with van der Waals surface area (Å²) < 4.78 is 38.1. The second-order valence-corrected chi connectivity index (χ2v) is 10.4. The Hall–Kier alpha value is -4.84. The van der Waals surface area contributed by atoms with Gasteiger partial charge in [-0.3, -0.25) is 4.79 Å². The number of hydrogen-bond donors (Lipinski definition) is 4. The van der Waals surface area contributed by atoms with Crippen molar-refractivity contribution in [1.29, 1.82) is 0 Å². The van der Waals surface area contributed by atoms with E-state index in [0.717, 1.165) is 16.7 Å². The second kappa shape index (κ2) is 12.2. The Bertz CT molecular complexity index is 1700. The Morgan fingerprint density at radius 2 is 1.63 bits per heavy atom. The largest absolute Gasteiger partial charge is 0.490 e. The van der Waals surface area contributed by atoms with E-state index in [1.807, 2.05) is 61.2 Å². The summed E-state index contributed by atoms with van der Waals surface area (Å²) in [6.45, 7) is 4.89. The van der Waals surface area contributed by atoms with Crippen LogP contribution < -0.4 is 15.6 Å². The van der Waals surface area contributed by atoms with E-state index in [0.29, 0.717) is 35.6 Å². The van der Waals surface area contributed by atoms with Crippen LogP contribution in [0, 0.1) is 6.92 Å². The van der Waals surface area contributed by atoms with Crippen molar-refractivity contribution in [1.82, 2.24) is 0 Å². The number of halogens is 3. The monoisotopic (exact) mass is 598 g/mol. The summed E-state index contributed by atoms with van der Waals surface area (Å²) in [7, 11) is 0. The first-order valence-corrected chi connectivity index (χ1v) is 13.1. The molecule has 0 bridgehead atoms. The highest BCUT2D eigenvalue weighted by molar-refractivity contribution is 5.94. The lowest BCUT2D eigenvalue weighted by molar-refractivity contribution is -0.192. The Morgan fingerprint density at radius 1 is 1.02 bits per heavy atom. The summed E-state index contributed by atoms with van der Waals surface area (Å²) in [6.07, 6.45) is -5.08. The molecule has 12 heteroatoms. The van der Waals surface area contributed by atoms with Gasteiger partial charge in [0.1, 0.15) is 5.58 Å². The minimum atomic E-state index is -5.08. The number of rotatable bonds is 7. The third-order valence-corrected chi connectivity index (χ3v) is 7.21. The normalized spacial score (nSPS) is 14.7. The van der Waals surface area contributed by atoms with Crippen molar-refractivity contribution in [3.8, 4) is 0 Å². The van der Waals surface area contributed by atoms with Gasteiger partial charge >= 0.3 is 18.1 Å². The number of fused-ring (bicyclic) bond motifs is 1. The fourth-order valence-corrected chi connectivity index (χ4v) is 5.01. The van der Waals surface area contributed by atoms with E-state index in [2.05, 4.69) is 5.32 Å². The number of aliphatic carboxylic acids is 1. The van der Waals surface area contributed by atoms with Gasteiger partial charge in [0.05, 0.1) is 29.0 Å². The van der Waals surface area contributed by atoms with Crippen LogP contribution in [0.1, 0.15) is 40.0 Å². The van der Waals surface area contributed by atoms with E-state index >= 15 is 0 Å². The number of carboxylic acids is 2. The maximum Gasteiger partial charge on any atom is 0.490 e. The molecule has 0 amide bonds. The number of alkyl halides is 3. The standard InChI is InChI=1S/C29H28N2O5.C2HF3O2/c1-18-12-22(19(2)30-24-11-7-6-10-21(24)28(34)35)27-23(13-18)25(33)14-26(36-27)31-15-29(16-31,17-32)20-8-4-3-5-9-20;3-2(4,5)1(6)7/h3-14,19,30,32H,15-17H2,1-2H3,(H,34,35);(H,6,7). The molecule has 2 heterocycles. The first-order valence-electron chi connectivity index (χ1n) is 13.1. The number of aliphatic hydroxyl groups is 1. The average molecular weight is 599 g/mol. The lowest BCUT2D eigenvalue weighted by Crippen LogP contribution is -2.61. The zero-order chi connectivity index (χ0) is 31.5. The fraction of sp³-hybridized carbons (Fsp3) is 0.258. The quantitative estimate of drug-likeness (QED) is 0.221. The lowest BCUT2D eigenvalue weighted by Gasteiger charge is -2.49. The van der Waals surface area contributed by atoms with Crippen LogP contribution in [-0.2, 0) is 10.2 Å². The van der Waals surface area contributed by atoms with Gasteiger partial charge in [-0.05, 0) is 43.2 Å². The van der Waals surface area contributed by atoms with Gasteiger partial charge in [0, 0.05) is 30.4 Å². The Kier molecular flexibility index (Phi) is 8.81. The number of para-hydroxylation sites is 1. The predicted molar refractivity (Wildman–Crippen MR) is 154 cm³/mol. The van der Waals surface area contributed by atoms with Crippen molar-refractivity contribution in [3.05, 3.63) is 105 Å². The molecule has 43 heavy (non-hydrogen) atoms. The Balaban J connectivity index is 0.000000541. The van der Waals surface area contributed by atoms with Crippen LogP contribution in [0.15, 0.2) is 82.0 Å². The van der Waals surface area contributed by atoms with Crippen LogP contribution in [0.25, 0.3) is 11.0 Å². The second-order valence-electron chi connectivity index (χ2n) is 10.4. The van der Waals surface area contributed by atoms with Gasteiger partial charge in [-0.1, -0.05) is 48.5 Å². The molecule has 1 aromatic heterocycles. The number of aromatic carboxylic acids is 1. The van der Waals surface area contributed by atoms with E-state index in [1.54, 1.807) is 24.3 Å². The molecule has 0 radical (unpaired) electrons. The van der Waals surface area contributed by atoms with Crippen LogP contribution in [0.3, 0.4) is 0 Å². The molecular weight excluding hydrogens is 569 g/mol. The molecule has 3 aromatic carbocycles. The Labute approximate surface area is 243 Å². The molecule has 0 aliphatic carbocycles. The Morgan fingerprint density at radius 3 is 2.21 bits per heavy atom. The third kappa shape index (κ3) is 6.64. The average Bonchev–Trinajstić information content (AvgIpc) is 2.93. The number of carbonyl (C=O) groups is 2. The fourth-order valence-electron chi connectivity index (χ4n) is 5.01. The van der Waals surface area contributed by atoms with Gasteiger partial charge in [0.2, 0.25) is 0 Å². The van der Waals surface area contributed by atoms with E-state index < -0.39 is 23.5 Å². The molecular formula is C31H29F3N2O7. The first-order chi connectivity index (χ1) is 20.3. The number of anilines is 2. The number of nitrogens with one attached hydrogen (secondary N) is 1. The number of hydrogen-bond acceptors (Lipinski definition) is 7. The topological polar surface area (TPSA) is 140 Å². The van der Waals surface area contributed by atoms with Crippen LogP contribution in [-0.4, -0.2) is 53.1 Å². The number of carboxylic acid groups (broad SMARTS) is 2. The molecule has 1 fully saturated rings. The van der Waals surface area contributed by atoms with Gasteiger partial charge in [0.15, 0.2) is 11.3 Å². The first kappa shape index (κ1) is 31.1. The summed E-state index contributed by atoms with van der Waals surface area (Å²) >= 11 is 0. The van der Waals surface area contributed by atoms with Crippen molar-refractivity contribution < 1.29 is 42.5 Å². The van der Waals surface area contributed by atoms with Crippen molar-refractivity contribution in [2.24, 2.45) is 0 Å². The molecule has 4 aromatic rings. The zero-order valence-corrected chi connectivity index (χ0v) is 23.2. The van der Waals surface area contributed by atoms with Crippen molar-refractivity contribution in [2.45, 2.75) is 31.5 Å². The minimum Gasteiger partial charge on any atom is -0.478 e. The van der Waals surface area contributed by atoms with Gasteiger partial charge in [0.25, 0.3) is 0 Å². The van der Waals surface area contributed by atoms with Crippen LogP contribution in [0.5, 0.6) is 0 Å². The predicted octanol–water partition coefficient (Wildman–Crippen LogP) is 5.36. The molecule has 226 valence electrons. The van der Waals surface area contributed by atoms with E-state index in [4.69, 9.17) is 14.3 Å². The van der Waals surface area contributed by atoms with Gasteiger partial charge in [-0.2, -0.15) is 13.2 Å². The summed E-state index contributed by atoms with van der Waals surface area (Å²) in [5.41, 5.74) is 3.31. The molecule has 1 aliphatic rings. The summed E-state index contributed by atoms with van der Waals surface area (Å²) in [5, 5.41) is 30.6. The van der Waals surface area contributed by atoms with Crippen molar-refractivity contribution in [3.63, 3.8) is 0 Å². The SMILES string of the molecule is Cc1cc(C(C)Nc2ccccc2C(=O)O)c2oc(N3CC(CO)(c4ccccc4)C3)cc(=O)c2c1.O=C(O)C(F)(F)F. The molecule has 1 aliphatic heterocycles. The maximum atomic E-state index is 13.1. The highest BCUT2D eigenvalue weighted by Crippen LogP contribution is 2.38. The number of aliphatic hydroxyl groups excluding tert-OH is 1. The van der Waals surface area contributed by atoms with Gasteiger partial charge in [-0.15, -0.1) is 0 Å². The maximum absolute atomic E-state index is 13.1. The minimum absolute atomic E-state index is 0.000286. The van der Waals surface area contributed by atoms with Crippen LogP contribution >= 0.6 is 0 Å². The number of aryl methyl sites for hydroxylation is 1. The summed E-state index contributed by atoms with van der Waals surface area (Å²) in [6, 6.07) is 21.5. The molecule has 1 unspecified atom stereocenters. The number of benzene rings is 3. The molecule has 5 rings (SSSR count). The highest BCUT2D eigenvalue weighted by atomic mass is 19.4. The van der Waals surface area contributed by atoms with E-state index in [-0.39, 0.29) is 23.6 Å². The molecule has 0 spiro atoms. The van der Waals surface area contributed by atoms with Crippen LogP contribution in [0.2, 0.25) is 0 Å². The van der Waals surface area contributed by atoms with Crippen molar-refractivity contribution in [2.75, 3.05) is 29.9 Å². The molecule has 1 saturated heterocycles.